The van der Waals surface area contributed by atoms with Crippen molar-refractivity contribution in [1.82, 2.24) is 9.88 Å². The lowest BCUT2D eigenvalue weighted by molar-refractivity contribution is 0.0406. The summed E-state index contributed by atoms with van der Waals surface area (Å²) in [6.07, 6.45) is 3.68. The topological polar surface area (TPSA) is 48.5 Å². The first-order valence-electron chi connectivity index (χ1n) is 11.2. The first-order chi connectivity index (χ1) is 15.1. The molecule has 1 saturated heterocycles. The van der Waals surface area contributed by atoms with E-state index in [0.717, 1.165) is 36.0 Å². The van der Waals surface area contributed by atoms with Gasteiger partial charge in [-0.1, -0.05) is 12.1 Å². The lowest BCUT2D eigenvalue weighted by atomic mass is 9.85. The van der Waals surface area contributed by atoms with Crippen molar-refractivity contribution < 1.29 is 9.84 Å². The number of rotatable bonds is 6. The number of aromatic nitrogens is 1. The van der Waals surface area contributed by atoms with Gasteiger partial charge in [0.05, 0.1) is 0 Å². The molecule has 2 aromatic heterocycles. The van der Waals surface area contributed by atoms with Crippen molar-refractivity contribution in [3.05, 3.63) is 65.2 Å². The zero-order chi connectivity index (χ0) is 21.4. The number of nitrogens with one attached hydrogen (secondary N) is 1. The summed E-state index contributed by atoms with van der Waals surface area (Å²) >= 11 is 1.83. The maximum Gasteiger partial charge on any atom is 0.128 e. The van der Waals surface area contributed by atoms with Crippen LogP contribution in [0, 0.1) is 6.92 Å². The van der Waals surface area contributed by atoms with Gasteiger partial charge < -0.3 is 14.8 Å². The number of aliphatic hydroxyl groups excluding tert-OH is 1. The van der Waals surface area contributed by atoms with Crippen LogP contribution in [0.25, 0.3) is 21.0 Å². The molecule has 1 fully saturated rings. The summed E-state index contributed by atoms with van der Waals surface area (Å²) in [7, 11) is 0. The Morgan fingerprint density at radius 3 is 3.00 bits per heavy atom. The lowest BCUT2D eigenvalue weighted by Crippen LogP contribution is -2.45. The molecule has 2 aromatic carbocycles. The second-order valence-electron chi connectivity index (χ2n) is 8.90. The number of aliphatic hydroxyl groups is 1. The zero-order valence-electron chi connectivity index (χ0n) is 18.2. The molecule has 5 rings (SSSR count). The van der Waals surface area contributed by atoms with E-state index >= 15 is 0 Å². The molecule has 2 unspecified atom stereocenters. The summed E-state index contributed by atoms with van der Waals surface area (Å²) in [6, 6.07) is 15.4. The number of nitrogens with zero attached hydrogens (tertiary/aromatic N) is 1. The molecule has 0 bridgehead atoms. The van der Waals surface area contributed by atoms with Gasteiger partial charge in [0.25, 0.3) is 0 Å². The van der Waals surface area contributed by atoms with Crippen LogP contribution < -0.4 is 4.74 Å². The van der Waals surface area contributed by atoms with Crippen LogP contribution in [0.15, 0.2) is 54.0 Å². The molecular formula is C26H30N2O2S. The fraction of sp³-hybridized carbons (Fsp3) is 0.385. The minimum Gasteiger partial charge on any atom is -0.490 e. The normalized spacial score (nSPS) is 21.0. The van der Waals surface area contributed by atoms with Crippen LogP contribution in [0.3, 0.4) is 0 Å². The summed E-state index contributed by atoms with van der Waals surface area (Å²) in [5.74, 6) is 1.42. The Morgan fingerprint density at radius 2 is 2.13 bits per heavy atom. The SMILES string of the molecule is Cc1csc2ccc(C3CCN(C[C@H](O)COc4cccc5[nH]ccc45)C(C)C3)cc12. The predicted octanol–water partition coefficient (Wildman–Crippen LogP) is 5.70. The summed E-state index contributed by atoms with van der Waals surface area (Å²) in [4.78, 5) is 5.61. The van der Waals surface area contributed by atoms with Crippen LogP contribution in [-0.4, -0.2) is 46.8 Å². The number of hydrogen-bond donors (Lipinski definition) is 2. The van der Waals surface area contributed by atoms with Gasteiger partial charge in [0.1, 0.15) is 18.5 Å². The number of ether oxygens (including phenoxy) is 1. The summed E-state index contributed by atoms with van der Waals surface area (Å²) in [5.41, 5.74) is 3.90. The molecule has 3 atom stereocenters. The van der Waals surface area contributed by atoms with Crippen molar-refractivity contribution >= 4 is 32.3 Å². The van der Waals surface area contributed by atoms with Gasteiger partial charge in [-0.2, -0.15) is 0 Å². The van der Waals surface area contributed by atoms with Crippen molar-refractivity contribution in [1.29, 1.82) is 0 Å². The Kier molecular flexibility index (Phi) is 5.74. The summed E-state index contributed by atoms with van der Waals surface area (Å²) in [5, 5.41) is 15.4. The number of fused-ring (bicyclic) bond motifs is 2. The van der Waals surface area contributed by atoms with E-state index in [4.69, 9.17) is 4.74 Å². The van der Waals surface area contributed by atoms with Gasteiger partial charge in [0.15, 0.2) is 0 Å². The number of aromatic amines is 1. The third kappa shape index (κ3) is 4.22. The van der Waals surface area contributed by atoms with Gasteiger partial charge in [0, 0.05) is 34.4 Å². The van der Waals surface area contributed by atoms with Crippen LogP contribution in [-0.2, 0) is 0 Å². The molecule has 162 valence electrons. The molecule has 4 aromatic rings. The van der Waals surface area contributed by atoms with E-state index < -0.39 is 6.10 Å². The number of aryl methyl sites for hydroxylation is 1. The molecule has 0 radical (unpaired) electrons. The minimum absolute atomic E-state index is 0.311. The van der Waals surface area contributed by atoms with Gasteiger partial charge >= 0.3 is 0 Å². The maximum atomic E-state index is 10.6. The molecule has 0 saturated carbocycles. The average Bonchev–Trinajstić information content (AvgIpc) is 3.40. The zero-order valence-corrected chi connectivity index (χ0v) is 19.0. The monoisotopic (exact) mass is 434 g/mol. The van der Waals surface area contributed by atoms with Gasteiger partial charge in [-0.15, -0.1) is 11.3 Å². The van der Waals surface area contributed by atoms with E-state index in [-0.39, 0.29) is 0 Å². The molecule has 0 spiro atoms. The van der Waals surface area contributed by atoms with Crippen molar-refractivity contribution in [2.75, 3.05) is 19.7 Å². The highest BCUT2D eigenvalue weighted by atomic mass is 32.1. The highest BCUT2D eigenvalue weighted by Gasteiger charge is 2.28. The van der Waals surface area contributed by atoms with Crippen LogP contribution in [0.4, 0.5) is 0 Å². The van der Waals surface area contributed by atoms with E-state index in [2.05, 4.69) is 47.3 Å². The Bertz CT molecular complexity index is 1180. The van der Waals surface area contributed by atoms with Crippen molar-refractivity contribution in [2.24, 2.45) is 0 Å². The first-order valence-corrected chi connectivity index (χ1v) is 12.0. The number of thiophene rings is 1. The average molecular weight is 435 g/mol. The number of piperidine rings is 1. The number of likely N-dealkylation sites (tertiary alicyclic amines) is 1. The Hall–Kier alpha value is -2.34. The highest BCUT2D eigenvalue weighted by Crippen LogP contribution is 2.35. The molecule has 0 amide bonds. The van der Waals surface area contributed by atoms with Crippen LogP contribution in [0.2, 0.25) is 0 Å². The van der Waals surface area contributed by atoms with E-state index in [1.807, 2.05) is 41.8 Å². The third-order valence-corrected chi connectivity index (χ3v) is 7.79. The molecule has 2 N–H and O–H groups in total. The summed E-state index contributed by atoms with van der Waals surface area (Å²) < 4.78 is 7.34. The van der Waals surface area contributed by atoms with E-state index in [1.54, 1.807) is 0 Å². The number of H-pyrrole nitrogens is 1. The quantitative estimate of drug-likeness (QED) is 0.409. The number of hydrogen-bond acceptors (Lipinski definition) is 4. The molecule has 1 aliphatic heterocycles. The van der Waals surface area contributed by atoms with Crippen LogP contribution >= 0.6 is 11.3 Å². The molecule has 4 nitrogen and oxygen atoms in total. The molecule has 5 heteroatoms. The van der Waals surface area contributed by atoms with E-state index in [9.17, 15) is 5.11 Å². The summed E-state index contributed by atoms with van der Waals surface area (Å²) in [6.45, 7) is 6.46. The van der Waals surface area contributed by atoms with Gasteiger partial charge in [-0.05, 0) is 91.4 Å². The first kappa shape index (κ1) is 20.6. The van der Waals surface area contributed by atoms with Gasteiger partial charge in [0.2, 0.25) is 0 Å². The maximum absolute atomic E-state index is 10.6. The highest BCUT2D eigenvalue weighted by molar-refractivity contribution is 7.17. The molecule has 0 aliphatic carbocycles. The fourth-order valence-corrected chi connectivity index (χ4v) is 5.84. The van der Waals surface area contributed by atoms with Crippen LogP contribution in [0.5, 0.6) is 5.75 Å². The smallest absolute Gasteiger partial charge is 0.128 e. The predicted molar refractivity (Wildman–Crippen MR) is 129 cm³/mol. The fourth-order valence-electron chi connectivity index (χ4n) is 4.91. The molecular weight excluding hydrogens is 404 g/mol. The Balaban J connectivity index is 1.17. The second-order valence-corrected chi connectivity index (χ2v) is 9.81. The van der Waals surface area contributed by atoms with Gasteiger partial charge in [-0.25, -0.2) is 0 Å². The van der Waals surface area contributed by atoms with E-state index in [0.29, 0.717) is 25.1 Å². The Labute approximate surface area is 187 Å². The van der Waals surface area contributed by atoms with Crippen LogP contribution in [0.1, 0.15) is 36.8 Å². The molecule has 31 heavy (non-hydrogen) atoms. The lowest BCUT2D eigenvalue weighted by Gasteiger charge is -2.38. The largest absolute Gasteiger partial charge is 0.490 e. The standard InChI is InChI=1S/C26H30N2O2S/c1-17-16-31-26-7-6-19(13-23(17)26)20-9-11-28(18(2)12-20)14-21(29)15-30-25-5-3-4-24-22(25)8-10-27-24/h3-8,10,13,16,18,20-21,27,29H,9,11-12,14-15H2,1-2H3/t18?,20?,21-/m0/s1. The third-order valence-electron chi connectivity index (χ3n) is 6.71. The van der Waals surface area contributed by atoms with Gasteiger partial charge in [-0.3, -0.25) is 4.90 Å². The van der Waals surface area contributed by atoms with E-state index in [1.165, 1.54) is 21.2 Å². The molecule has 1 aliphatic rings. The second kappa shape index (κ2) is 8.65. The Morgan fingerprint density at radius 1 is 1.23 bits per heavy atom. The number of benzene rings is 2. The van der Waals surface area contributed by atoms with Crippen molar-refractivity contribution in [3.8, 4) is 5.75 Å². The van der Waals surface area contributed by atoms with Crippen molar-refractivity contribution in [3.63, 3.8) is 0 Å². The molecule has 3 heterocycles. The van der Waals surface area contributed by atoms with Crippen molar-refractivity contribution in [2.45, 2.75) is 44.8 Å². The minimum atomic E-state index is -0.502. The number of β-amino-alcohol motifs (C(OH)–C–C–N with tert-alkyl or cyclic N) is 1.